The van der Waals surface area contributed by atoms with Gasteiger partial charge in [-0.3, -0.25) is 14.9 Å². The summed E-state index contributed by atoms with van der Waals surface area (Å²) in [4.78, 5) is 40.8. The van der Waals surface area contributed by atoms with E-state index in [2.05, 4.69) is 21.2 Å². The van der Waals surface area contributed by atoms with E-state index in [0.717, 1.165) is 40.9 Å². The first-order valence-corrected chi connectivity index (χ1v) is 17.4. The molecule has 3 aliphatic rings. The number of fused-ring (bicyclic) bond motifs is 1. The Labute approximate surface area is 314 Å². The third kappa shape index (κ3) is 9.25. The third-order valence-corrected chi connectivity index (χ3v) is 9.57. The lowest BCUT2D eigenvalue weighted by atomic mass is 9.79. The summed E-state index contributed by atoms with van der Waals surface area (Å²) >= 11 is 0. The minimum absolute atomic E-state index is 0.0184. The van der Waals surface area contributed by atoms with E-state index in [1.165, 1.54) is 50.6 Å². The van der Waals surface area contributed by atoms with E-state index in [0.29, 0.717) is 24.4 Å². The monoisotopic (exact) mass is 743 g/mol. The largest absolute Gasteiger partial charge is 0.519 e. The molecular weight excluding hydrogens is 697 g/mol. The van der Waals surface area contributed by atoms with E-state index in [1.54, 1.807) is 12.1 Å². The number of nitrogens with two attached hydrogens (primary N) is 1. The molecule has 0 fully saturated rings. The Bertz CT molecular complexity index is 1980. The number of hydrogen-bond donors (Lipinski definition) is 2. The van der Waals surface area contributed by atoms with Crippen molar-refractivity contribution in [3.05, 3.63) is 128 Å². The average Bonchev–Trinajstić information content (AvgIpc) is 3.37. The van der Waals surface area contributed by atoms with Gasteiger partial charge < -0.3 is 39.8 Å². The number of carbonyl (C=O) groups is 2. The SMILES string of the molecule is COC1=CC(C)(/C=C2/C(C)=C(CC(=O)NCC3=CN(C)C(CN(C)CCN)C=C3)c3cc(F)ccc32)CC(OC)=C1OC(=O)Oc1ccc([N+](=O)[O-])cc1. The number of benzene rings is 2. The number of nitro groups is 1. The molecule has 286 valence electrons. The van der Waals surface area contributed by atoms with Crippen LogP contribution in [0.25, 0.3) is 11.1 Å². The summed E-state index contributed by atoms with van der Waals surface area (Å²) in [6.07, 6.45) is 9.19. The van der Waals surface area contributed by atoms with Crippen LogP contribution in [0.3, 0.4) is 0 Å². The van der Waals surface area contributed by atoms with Gasteiger partial charge in [0.15, 0.2) is 5.76 Å². The van der Waals surface area contributed by atoms with Crippen LogP contribution in [0.5, 0.6) is 5.75 Å². The molecule has 0 saturated heterocycles. The Morgan fingerprint density at radius 3 is 2.54 bits per heavy atom. The van der Waals surface area contributed by atoms with Crippen molar-refractivity contribution in [2.75, 3.05) is 54.5 Å². The van der Waals surface area contributed by atoms with Gasteiger partial charge in [-0.25, -0.2) is 9.18 Å². The molecular formula is C40H46FN5O8. The number of nitrogens with zero attached hydrogens (tertiary/aromatic N) is 3. The minimum Gasteiger partial charge on any atom is -0.497 e. The average molecular weight is 744 g/mol. The van der Waals surface area contributed by atoms with Crippen LogP contribution in [-0.4, -0.2) is 87.3 Å². The smallest absolute Gasteiger partial charge is 0.497 e. The highest BCUT2D eigenvalue weighted by atomic mass is 19.1. The Balaban J connectivity index is 1.32. The van der Waals surface area contributed by atoms with Crippen molar-refractivity contribution >= 4 is 28.9 Å². The van der Waals surface area contributed by atoms with Crippen LogP contribution < -0.4 is 15.8 Å². The van der Waals surface area contributed by atoms with Gasteiger partial charge in [-0.05, 0) is 77.7 Å². The molecule has 3 N–H and O–H groups in total. The first-order valence-electron chi connectivity index (χ1n) is 17.4. The van der Waals surface area contributed by atoms with Crippen molar-refractivity contribution < 1.29 is 37.9 Å². The molecule has 2 aliphatic carbocycles. The van der Waals surface area contributed by atoms with Gasteiger partial charge in [0, 0.05) is 63.4 Å². The van der Waals surface area contributed by atoms with Crippen molar-refractivity contribution in [1.29, 1.82) is 0 Å². The standard InChI is InChI=1S/C40H46FN5O8/c1-25-32(18-37(47)43-22-26-7-9-29(45(4)23-26)24-44(3)16-15-42)33-17-27(41)8-14-31(33)34(25)19-40(2)20-35(51-5)38(36(21-40)52-6)54-39(48)53-30-12-10-28(11-13-30)46(49)50/h7-14,17,19-20,23,29H,15-16,18,21-22,24,42H2,1-6H3,(H,43,47)/b34-19-. The normalized spacial score (nSPS) is 20.1. The number of allylic oxidation sites excluding steroid dienone is 5. The maximum atomic E-state index is 14.7. The fourth-order valence-electron chi connectivity index (χ4n) is 6.76. The number of ether oxygens (including phenoxy) is 4. The van der Waals surface area contributed by atoms with E-state index in [4.69, 9.17) is 24.7 Å². The quantitative estimate of drug-likeness (QED) is 0.100. The number of halogens is 1. The Morgan fingerprint density at radius 1 is 1.15 bits per heavy atom. The molecule has 54 heavy (non-hydrogen) atoms. The number of carbonyl (C=O) groups excluding carboxylic acids is 2. The van der Waals surface area contributed by atoms with Crippen LogP contribution in [0, 0.1) is 21.3 Å². The second kappa shape index (κ2) is 16.9. The van der Waals surface area contributed by atoms with Gasteiger partial charge in [-0.15, -0.1) is 0 Å². The van der Waals surface area contributed by atoms with Crippen molar-refractivity contribution in [3.63, 3.8) is 0 Å². The number of rotatable bonds is 14. The van der Waals surface area contributed by atoms with Gasteiger partial charge in [0.2, 0.25) is 11.7 Å². The predicted molar refractivity (Wildman–Crippen MR) is 202 cm³/mol. The number of amides is 1. The Morgan fingerprint density at radius 2 is 1.89 bits per heavy atom. The summed E-state index contributed by atoms with van der Waals surface area (Å²) in [5.74, 6) is -0.0239. The van der Waals surface area contributed by atoms with Gasteiger partial charge in [0.1, 0.15) is 17.3 Å². The molecule has 2 atom stereocenters. The molecule has 13 nitrogen and oxygen atoms in total. The highest BCUT2D eigenvalue weighted by molar-refractivity contribution is 6.04. The third-order valence-electron chi connectivity index (χ3n) is 9.57. The topological polar surface area (TPSA) is 159 Å². The van der Waals surface area contributed by atoms with E-state index in [9.17, 15) is 24.1 Å². The van der Waals surface area contributed by atoms with Gasteiger partial charge in [0.05, 0.1) is 31.6 Å². The highest BCUT2D eigenvalue weighted by Gasteiger charge is 2.36. The van der Waals surface area contributed by atoms with Crippen LogP contribution in [0.2, 0.25) is 0 Å². The molecule has 2 unspecified atom stereocenters. The lowest BCUT2D eigenvalue weighted by Gasteiger charge is -2.31. The zero-order valence-electron chi connectivity index (χ0n) is 31.3. The molecule has 1 amide bonds. The van der Waals surface area contributed by atoms with Crippen LogP contribution in [0.4, 0.5) is 14.9 Å². The summed E-state index contributed by atoms with van der Waals surface area (Å²) in [6, 6.07) is 9.74. The second-order valence-corrected chi connectivity index (χ2v) is 13.7. The fraction of sp³-hybridized carbons (Fsp3) is 0.350. The van der Waals surface area contributed by atoms with Gasteiger partial charge >= 0.3 is 6.16 Å². The lowest BCUT2D eigenvalue weighted by Crippen LogP contribution is -2.40. The second-order valence-electron chi connectivity index (χ2n) is 13.7. The zero-order valence-corrected chi connectivity index (χ0v) is 31.3. The van der Waals surface area contributed by atoms with Gasteiger partial charge in [0.25, 0.3) is 5.69 Å². The first-order chi connectivity index (χ1) is 25.7. The molecule has 14 heteroatoms. The summed E-state index contributed by atoms with van der Waals surface area (Å²) in [5, 5.41) is 14.0. The number of nitro benzene ring substituents is 1. The number of likely N-dealkylation sites (N-methyl/N-ethyl adjacent to an activating group) is 2. The maximum Gasteiger partial charge on any atom is 0.519 e. The number of non-ortho nitro benzene ring substituents is 1. The summed E-state index contributed by atoms with van der Waals surface area (Å²) < 4.78 is 36.8. The van der Waals surface area contributed by atoms with Gasteiger partial charge in [-0.1, -0.05) is 31.2 Å². The molecule has 2 aromatic rings. The summed E-state index contributed by atoms with van der Waals surface area (Å²) in [5.41, 5.74) is 9.55. The van der Waals surface area contributed by atoms with Crippen LogP contribution in [-0.2, 0) is 19.0 Å². The van der Waals surface area contributed by atoms with Gasteiger partial charge in [-0.2, -0.15) is 0 Å². The predicted octanol–water partition coefficient (Wildman–Crippen LogP) is 6.07. The van der Waals surface area contributed by atoms with E-state index < -0.39 is 22.3 Å². The van der Waals surface area contributed by atoms with Crippen molar-refractivity contribution in [2.24, 2.45) is 11.1 Å². The van der Waals surface area contributed by atoms with Crippen LogP contribution in [0.1, 0.15) is 37.8 Å². The minimum atomic E-state index is -1.09. The summed E-state index contributed by atoms with van der Waals surface area (Å²) in [7, 11) is 6.92. The molecule has 0 saturated carbocycles. The number of methoxy groups -OCH3 is 2. The first kappa shape index (κ1) is 39.5. The number of hydrogen-bond acceptors (Lipinski definition) is 11. The zero-order chi connectivity index (χ0) is 39.2. The Kier molecular flexibility index (Phi) is 12.4. The maximum absolute atomic E-state index is 14.7. The van der Waals surface area contributed by atoms with Crippen LogP contribution in [0.15, 0.2) is 101 Å². The fourth-order valence-corrected chi connectivity index (χ4v) is 6.76. The van der Waals surface area contributed by atoms with E-state index in [1.807, 2.05) is 46.3 Å². The molecule has 2 aromatic carbocycles. The molecule has 0 radical (unpaired) electrons. The molecule has 0 aromatic heterocycles. The lowest BCUT2D eigenvalue weighted by molar-refractivity contribution is -0.384. The van der Waals surface area contributed by atoms with Crippen molar-refractivity contribution in [1.82, 2.24) is 15.1 Å². The van der Waals surface area contributed by atoms with Crippen LogP contribution >= 0.6 is 0 Å². The molecule has 5 rings (SSSR count). The molecule has 0 bridgehead atoms. The molecule has 1 aliphatic heterocycles. The van der Waals surface area contributed by atoms with E-state index in [-0.39, 0.29) is 47.7 Å². The summed E-state index contributed by atoms with van der Waals surface area (Å²) in [6.45, 7) is 6.45. The van der Waals surface area contributed by atoms with Crippen molar-refractivity contribution in [3.8, 4) is 5.75 Å². The highest BCUT2D eigenvalue weighted by Crippen LogP contribution is 2.48. The number of nitrogens with one attached hydrogen (secondary N) is 1. The molecule has 1 heterocycles. The van der Waals surface area contributed by atoms with E-state index >= 15 is 0 Å². The Hall–Kier alpha value is -5.73. The molecule has 0 spiro atoms. The van der Waals surface area contributed by atoms with Crippen molar-refractivity contribution in [2.45, 2.75) is 32.7 Å².